The number of carbonyl (C=O) groups is 1. The fraction of sp³-hybridized carbons (Fsp3) is 0.320. The average Bonchev–Trinajstić information content (AvgIpc) is 3.26. The number of aliphatic hydroxyl groups excluding tert-OH is 2. The molecular formula is C25H27N5O4. The molecule has 2 atom stereocenters. The fourth-order valence-corrected chi connectivity index (χ4v) is 4.41. The van der Waals surface area contributed by atoms with Crippen LogP contribution in [0.3, 0.4) is 0 Å². The Balaban J connectivity index is 1.41. The van der Waals surface area contributed by atoms with Crippen LogP contribution in [0.1, 0.15) is 12.0 Å². The van der Waals surface area contributed by atoms with Crippen LogP contribution in [-0.2, 0) is 0 Å². The summed E-state index contributed by atoms with van der Waals surface area (Å²) in [6.45, 7) is 3.19. The first-order chi connectivity index (χ1) is 16.5. The third-order valence-electron chi connectivity index (χ3n) is 6.08. The summed E-state index contributed by atoms with van der Waals surface area (Å²) in [5, 5.41) is 21.3. The molecule has 2 aliphatic heterocycles. The van der Waals surface area contributed by atoms with Gasteiger partial charge in [0, 0.05) is 24.7 Å². The van der Waals surface area contributed by atoms with E-state index < -0.39 is 12.7 Å². The van der Waals surface area contributed by atoms with E-state index in [9.17, 15) is 9.90 Å². The molecule has 2 aromatic heterocycles. The zero-order valence-corrected chi connectivity index (χ0v) is 18.9. The molecule has 1 saturated heterocycles. The van der Waals surface area contributed by atoms with Gasteiger partial charge in [0.2, 0.25) is 5.88 Å². The number of carbonyl (C=O) groups excluding carboxylic acids is 1. The van der Waals surface area contributed by atoms with E-state index in [0.717, 1.165) is 42.0 Å². The highest BCUT2D eigenvalue weighted by molar-refractivity contribution is 6.04. The maximum absolute atomic E-state index is 13.4. The number of rotatable bonds is 6. The molecule has 176 valence electrons. The fourth-order valence-electron chi connectivity index (χ4n) is 4.41. The number of nitrogens with zero attached hydrogens (tertiary/aromatic N) is 4. The Kier molecular flexibility index (Phi) is 6.04. The van der Waals surface area contributed by atoms with E-state index >= 15 is 0 Å². The molecule has 0 spiro atoms. The Morgan fingerprint density at radius 2 is 2.06 bits per heavy atom. The molecule has 0 unspecified atom stereocenters. The van der Waals surface area contributed by atoms with E-state index in [2.05, 4.69) is 21.3 Å². The molecule has 2 amide bonds. The third kappa shape index (κ3) is 4.40. The molecule has 9 heteroatoms. The number of aliphatic hydroxyl groups is 2. The highest BCUT2D eigenvalue weighted by atomic mass is 16.5. The molecular weight excluding hydrogens is 434 g/mol. The van der Waals surface area contributed by atoms with Crippen molar-refractivity contribution >= 4 is 23.4 Å². The SMILES string of the molecule is Cc1cccc(-c2ccc3c(n2)N(C(=O)Nc2cccc(OC[C@H](O)CO)n2)[C@H]2CCN3C2)c1. The number of fused-ring (bicyclic) bond motifs is 4. The highest BCUT2D eigenvalue weighted by Crippen LogP contribution is 2.40. The first-order valence-corrected chi connectivity index (χ1v) is 11.3. The van der Waals surface area contributed by atoms with Crippen molar-refractivity contribution in [2.24, 2.45) is 0 Å². The summed E-state index contributed by atoms with van der Waals surface area (Å²) >= 11 is 0. The number of hydrogen-bond donors (Lipinski definition) is 3. The number of nitrogens with one attached hydrogen (secondary N) is 1. The van der Waals surface area contributed by atoms with Gasteiger partial charge in [0.15, 0.2) is 5.82 Å². The summed E-state index contributed by atoms with van der Waals surface area (Å²) in [5.41, 5.74) is 3.92. The van der Waals surface area contributed by atoms with Crippen LogP contribution in [0.2, 0.25) is 0 Å². The minimum Gasteiger partial charge on any atom is -0.475 e. The van der Waals surface area contributed by atoms with Crippen LogP contribution < -0.4 is 19.9 Å². The predicted octanol–water partition coefficient (Wildman–Crippen LogP) is 2.81. The summed E-state index contributed by atoms with van der Waals surface area (Å²) in [4.78, 5) is 26.7. The number of anilines is 3. The normalized spacial score (nSPS) is 17.3. The van der Waals surface area contributed by atoms with Crippen molar-refractivity contribution in [3.8, 4) is 17.1 Å². The molecule has 0 aliphatic carbocycles. The Hall–Kier alpha value is -3.69. The second-order valence-corrected chi connectivity index (χ2v) is 8.61. The Morgan fingerprint density at radius 3 is 2.88 bits per heavy atom. The monoisotopic (exact) mass is 461 g/mol. The maximum Gasteiger partial charge on any atom is 0.329 e. The number of aryl methyl sites for hydroxylation is 1. The van der Waals surface area contributed by atoms with Gasteiger partial charge >= 0.3 is 6.03 Å². The van der Waals surface area contributed by atoms with E-state index in [1.807, 2.05) is 37.3 Å². The lowest BCUT2D eigenvalue weighted by molar-refractivity contribution is 0.0521. The molecule has 34 heavy (non-hydrogen) atoms. The number of hydrogen-bond acceptors (Lipinski definition) is 7. The number of ether oxygens (including phenoxy) is 1. The first kappa shape index (κ1) is 22.1. The smallest absolute Gasteiger partial charge is 0.329 e. The molecule has 3 aromatic rings. The van der Waals surface area contributed by atoms with Gasteiger partial charge in [0.1, 0.15) is 18.5 Å². The van der Waals surface area contributed by atoms with Crippen LogP contribution in [0.4, 0.5) is 22.1 Å². The topological polar surface area (TPSA) is 111 Å². The first-order valence-electron chi connectivity index (χ1n) is 11.3. The van der Waals surface area contributed by atoms with Crippen LogP contribution >= 0.6 is 0 Å². The van der Waals surface area contributed by atoms with E-state index in [1.54, 1.807) is 23.1 Å². The number of aromatic nitrogens is 2. The number of amides is 2. The average molecular weight is 462 g/mol. The summed E-state index contributed by atoms with van der Waals surface area (Å²) in [5.74, 6) is 1.22. The van der Waals surface area contributed by atoms with Gasteiger partial charge in [-0.15, -0.1) is 0 Å². The summed E-state index contributed by atoms with van der Waals surface area (Å²) in [6.07, 6.45) is -0.136. The van der Waals surface area contributed by atoms with E-state index in [-0.39, 0.29) is 24.6 Å². The molecule has 2 aliphatic rings. The molecule has 5 rings (SSSR count). The quantitative estimate of drug-likeness (QED) is 0.518. The minimum absolute atomic E-state index is 0.0203. The van der Waals surface area contributed by atoms with Gasteiger partial charge in [-0.05, 0) is 37.6 Å². The van der Waals surface area contributed by atoms with Gasteiger partial charge in [-0.25, -0.2) is 9.78 Å². The van der Waals surface area contributed by atoms with Gasteiger partial charge in [-0.1, -0.05) is 29.8 Å². The van der Waals surface area contributed by atoms with Crippen LogP contribution in [0, 0.1) is 6.92 Å². The molecule has 4 heterocycles. The van der Waals surface area contributed by atoms with Crippen molar-refractivity contribution in [1.82, 2.24) is 9.97 Å². The van der Waals surface area contributed by atoms with Crippen molar-refractivity contribution in [2.45, 2.75) is 25.5 Å². The second-order valence-electron chi connectivity index (χ2n) is 8.61. The van der Waals surface area contributed by atoms with Crippen molar-refractivity contribution in [3.63, 3.8) is 0 Å². The molecule has 0 saturated carbocycles. The molecule has 1 aromatic carbocycles. The molecule has 1 fully saturated rings. The van der Waals surface area contributed by atoms with Crippen molar-refractivity contribution in [1.29, 1.82) is 0 Å². The van der Waals surface area contributed by atoms with Gasteiger partial charge in [0.25, 0.3) is 0 Å². The molecule has 2 bridgehead atoms. The van der Waals surface area contributed by atoms with Gasteiger partial charge in [-0.2, -0.15) is 4.98 Å². The summed E-state index contributed by atoms with van der Waals surface area (Å²) < 4.78 is 5.40. The lowest BCUT2D eigenvalue weighted by Crippen LogP contribution is -2.48. The second kappa shape index (κ2) is 9.28. The van der Waals surface area contributed by atoms with E-state index in [1.165, 1.54) is 0 Å². The lowest BCUT2D eigenvalue weighted by Gasteiger charge is -2.35. The zero-order chi connectivity index (χ0) is 23.7. The number of urea groups is 1. The minimum atomic E-state index is -0.996. The largest absolute Gasteiger partial charge is 0.475 e. The van der Waals surface area contributed by atoms with Crippen LogP contribution in [0.5, 0.6) is 5.88 Å². The van der Waals surface area contributed by atoms with E-state index in [4.69, 9.17) is 14.8 Å². The highest BCUT2D eigenvalue weighted by Gasteiger charge is 2.40. The standard InChI is InChI=1S/C25H27N5O4/c1-16-4-2-5-17(12-16)20-8-9-21-24(26-20)30(18-10-11-29(21)13-18)25(33)28-22-6-3-7-23(27-22)34-15-19(32)14-31/h2-9,12,18-19,31-32H,10-11,13-15H2,1H3,(H,27,28,33)/t18-,19+/m0/s1. The summed E-state index contributed by atoms with van der Waals surface area (Å²) in [7, 11) is 0. The van der Waals surface area contributed by atoms with Crippen LogP contribution in [-0.4, -0.2) is 64.7 Å². The van der Waals surface area contributed by atoms with E-state index in [0.29, 0.717) is 11.6 Å². The molecule has 0 radical (unpaired) electrons. The lowest BCUT2D eigenvalue weighted by atomic mass is 10.1. The number of pyridine rings is 2. The van der Waals surface area contributed by atoms with Crippen molar-refractivity contribution in [2.75, 3.05) is 41.4 Å². The Morgan fingerprint density at radius 1 is 1.21 bits per heavy atom. The Labute approximate surface area is 197 Å². The molecule has 3 N–H and O–H groups in total. The predicted molar refractivity (Wildman–Crippen MR) is 129 cm³/mol. The van der Waals surface area contributed by atoms with Crippen molar-refractivity contribution < 1.29 is 19.7 Å². The Bertz CT molecular complexity index is 1200. The number of benzene rings is 1. The van der Waals surface area contributed by atoms with Crippen molar-refractivity contribution in [3.05, 3.63) is 60.2 Å². The maximum atomic E-state index is 13.4. The zero-order valence-electron chi connectivity index (χ0n) is 18.9. The van der Waals surface area contributed by atoms with Crippen LogP contribution in [0.25, 0.3) is 11.3 Å². The molecule has 9 nitrogen and oxygen atoms in total. The van der Waals surface area contributed by atoms with Crippen LogP contribution in [0.15, 0.2) is 54.6 Å². The third-order valence-corrected chi connectivity index (χ3v) is 6.08. The van der Waals surface area contributed by atoms with Gasteiger partial charge < -0.3 is 19.8 Å². The summed E-state index contributed by atoms with van der Waals surface area (Å²) in [6, 6.07) is 16.9. The van der Waals surface area contributed by atoms with Gasteiger partial charge in [-0.3, -0.25) is 10.2 Å². The van der Waals surface area contributed by atoms with Gasteiger partial charge in [0.05, 0.1) is 24.0 Å².